The topological polar surface area (TPSA) is 0 Å². The van der Waals surface area contributed by atoms with Gasteiger partial charge in [0.2, 0.25) is 0 Å². The maximum atomic E-state index is 2.42. The van der Waals surface area contributed by atoms with Gasteiger partial charge in [0, 0.05) is 0 Å². The summed E-state index contributed by atoms with van der Waals surface area (Å²) in [5.74, 6) is 0. The zero-order valence-electron chi connectivity index (χ0n) is 10.7. The van der Waals surface area contributed by atoms with Crippen molar-refractivity contribution in [3.05, 3.63) is 34.4 Å². The summed E-state index contributed by atoms with van der Waals surface area (Å²) in [7, 11) is 0. The molecule has 0 heterocycles. The third-order valence-electron chi connectivity index (χ3n) is 3.16. The fourth-order valence-corrected chi connectivity index (χ4v) is 2.34. The second-order valence-corrected chi connectivity index (χ2v) is 4.20. The minimum atomic E-state index is 1.16. The molecule has 15 heavy (non-hydrogen) atoms. The molecule has 0 fully saturated rings. The Kier molecular flexibility index (Phi) is 4.87. The Hall–Kier alpha value is -0.780. The first kappa shape index (κ1) is 12.3. The van der Waals surface area contributed by atoms with Crippen LogP contribution in [0, 0.1) is 0 Å². The predicted octanol–water partition coefficient (Wildman–Crippen LogP) is 4.33. The first-order chi connectivity index (χ1) is 7.26. The zero-order valence-corrected chi connectivity index (χ0v) is 10.7. The lowest BCUT2D eigenvalue weighted by Gasteiger charge is -2.14. The smallest absolute Gasteiger partial charge is 0.0279 e. The van der Waals surface area contributed by atoms with Crippen molar-refractivity contribution >= 4 is 0 Å². The molecule has 0 N–H and O–H groups in total. The van der Waals surface area contributed by atoms with Crippen LogP contribution in [0.15, 0.2) is 12.1 Å². The van der Waals surface area contributed by atoms with Gasteiger partial charge in [0.15, 0.2) is 0 Å². The van der Waals surface area contributed by atoms with Crippen LogP contribution in [0.1, 0.15) is 56.4 Å². The van der Waals surface area contributed by atoms with Gasteiger partial charge in [-0.3, -0.25) is 0 Å². The number of hydrogen-bond donors (Lipinski definition) is 0. The second-order valence-electron chi connectivity index (χ2n) is 4.20. The molecule has 1 aromatic rings. The van der Waals surface area contributed by atoms with Crippen molar-refractivity contribution in [2.45, 2.75) is 59.8 Å². The van der Waals surface area contributed by atoms with Crippen LogP contribution in [-0.2, 0) is 25.7 Å². The van der Waals surface area contributed by atoms with Gasteiger partial charge in [-0.15, -0.1) is 0 Å². The van der Waals surface area contributed by atoms with E-state index >= 15 is 0 Å². The molecule has 0 bridgehead atoms. The van der Waals surface area contributed by atoms with E-state index < -0.39 is 0 Å². The molecule has 1 rings (SSSR count). The average Bonchev–Trinajstić information content (AvgIpc) is 2.28. The molecule has 0 unspecified atom stereocenters. The third-order valence-corrected chi connectivity index (χ3v) is 3.16. The molecule has 0 aliphatic carbocycles. The van der Waals surface area contributed by atoms with E-state index in [1.807, 2.05) is 0 Å². The number of hydrogen-bond acceptors (Lipinski definition) is 0. The van der Waals surface area contributed by atoms with E-state index in [0.29, 0.717) is 0 Å². The first-order valence-corrected chi connectivity index (χ1v) is 6.40. The van der Waals surface area contributed by atoms with Crippen LogP contribution in [0.5, 0.6) is 0 Å². The van der Waals surface area contributed by atoms with Gasteiger partial charge in [-0.1, -0.05) is 46.2 Å². The lowest BCUT2D eigenvalue weighted by molar-refractivity contribution is 0.880. The number of benzene rings is 1. The van der Waals surface area contributed by atoms with Crippen LogP contribution in [0.25, 0.3) is 0 Å². The summed E-state index contributed by atoms with van der Waals surface area (Å²) in [6.45, 7) is 9.06. The van der Waals surface area contributed by atoms with Crippen molar-refractivity contribution in [2.24, 2.45) is 0 Å². The lowest BCUT2D eigenvalue weighted by Crippen LogP contribution is -2.00. The fourth-order valence-electron chi connectivity index (χ4n) is 2.34. The average molecular weight is 204 g/mol. The van der Waals surface area contributed by atoms with E-state index in [-0.39, 0.29) is 0 Å². The molecule has 0 heteroatoms. The van der Waals surface area contributed by atoms with E-state index in [1.165, 1.54) is 31.2 Å². The van der Waals surface area contributed by atoms with Crippen molar-refractivity contribution in [2.75, 3.05) is 0 Å². The molecule has 0 nitrogen and oxygen atoms in total. The van der Waals surface area contributed by atoms with Crippen LogP contribution >= 0.6 is 0 Å². The van der Waals surface area contributed by atoms with Crippen LogP contribution < -0.4 is 0 Å². The number of rotatable bonds is 5. The van der Waals surface area contributed by atoms with Gasteiger partial charge in [-0.2, -0.15) is 0 Å². The van der Waals surface area contributed by atoms with Crippen molar-refractivity contribution in [1.82, 2.24) is 0 Å². The highest BCUT2D eigenvalue weighted by atomic mass is 14.1. The fraction of sp³-hybridized carbons (Fsp3) is 0.600. The maximum Gasteiger partial charge on any atom is -0.0279 e. The standard InChI is InChI=1S/C15H24/c1-5-9-14-11-12(6-2)10-13(7-3)15(14)8-4/h10-11H,5-9H2,1-4H3. The molecule has 1 aromatic carbocycles. The number of aryl methyl sites for hydroxylation is 3. The van der Waals surface area contributed by atoms with Gasteiger partial charge in [-0.25, -0.2) is 0 Å². The Labute approximate surface area is 94.7 Å². The Morgan fingerprint density at radius 1 is 0.800 bits per heavy atom. The largest absolute Gasteiger partial charge is 0.0651 e. The summed E-state index contributed by atoms with van der Waals surface area (Å²) in [5.41, 5.74) is 6.28. The lowest BCUT2D eigenvalue weighted by atomic mass is 9.91. The summed E-state index contributed by atoms with van der Waals surface area (Å²) in [6, 6.07) is 4.82. The van der Waals surface area contributed by atoms with Crippen LogP contribution in [-0.4, -0.2) is 0 Å². The summed E-state index contributed by atoms with van der Waals surface area (Å²) < 4.78 is 0. The summed E-state index contributed by atoms with van der Waals surface area (Å²) in [5, 5.41) is 0. The highest BCUT2D eigenvalue weighted by molar-refractivity contribution is 5.39. The van der Waals surface area contributed by atoms with Crippen LogP contribution in [0.3, 0.4) is 0 Å². The van der Waals surface area contributed by atoms with Crippen LogP contribution in [0.2, 0.25) is 0 Å². The minimum absolute atomic E-state index is 1.16. The van der Waals surface area contributed by atoms with E-state index in [2.05, 4.69) is 39.8 Å². The second kappa shape index (κ2) is 5.95. The summed E-state index contributed by atoms with van der Waals surface area (Å²) >= 11 is 0. The van der Waals surface area contributed by atoms with E-state index in [4.69, 9.17) is 0 Å². The first-order valence-electron chi connectivity index (χ1n) is 6.40. The highest BCUT2D eigenvalue weighted by Crippen LogP contribution is 2.21. The normalized spacial score (nSPS) is 10.7. The van der Waals surface area contributed by atoms with Gasteiger partial charge in [0.05, 0.1) is 0 Å². The van der Waals surface area contributed by atoms with E-state index in [9.17, 15) is 0 Å². The minimum Gasteiger partial charge on any atom is -0.0651 e. The summed E-state index contributed by atoms with van der Waals surface area (Å²) in [6.07, 6.45) is 6.01. The molecular formula is C15H24. The Bertz CT molecular complexity index is 310. The van der Waals surface area contributed by atoms with Gasteiger partial charge in [-0.05, 0) is 47.9 Å². The molecule has 0 radical (unpaired) electrons. The Morgan fingerprint density at radius 2 is 1.47 bits per heavy atom. The van der Waals surface area contributed by atoms with E-state index in [1.54, 1.807) is 16.7 Å². The molecule has 0 aliphatic rings. The van der Waals surface area contributed by atoms with Gasteiger partial charge >= 0.3 is 0 Å². The Morgan fingerprint density at radius 3 is 1.93 bits per heavy atom. The quantitative estimate of drug-likeness (QED) is 0.670. The molecule has 0 amide bonds. The molecule has 0 saturated heterocycles. The molecular weight excluding hydrogens is 180 g/mol. The zero-order chi connectivity index (χ0) is 11.3. The van der Waals surface area contributed by atoms with Crippen LogP contribution in [0.4, 0.5) is 0 Å². The molecule has 0 aromatic heterocycles. The molecule has 0 spiro atoms. The van der Waals surface area contributed by atoms with Gasteiger partial charge in [0.25, 0.3) is 0 Å². The molecule has 0 atom stereocenters. The van der Waals surface area contributed by atoms with E-state index in [0.717, 1.165) is 6.42 Å². The SMILES string of the molecule is CCCc1cc(CC)cc(CC)c1CC. The van der Waals surface area contributed by atoms with Gasteiger partial charge in [0.1, 0.15) is 0 Å². The maximum absolute atomic E-state index is 2.42. The third kappa shape index (κ3) is 2.84. The van der Waals surface area contributed by atoms with Gasteiger partial charge < -0.3 is 0 Å². The molecule has 0 saturated carbocycles. The molecule has 84 valence electrons. The molecule has 0 aliphatic heterocycles. The summed E-state index contributed by atoms with van der Waals surface area (Å²) in [4.78, 5) is 0. The van der Waals surface area contributed by atoms with Crippen molar-refractivity contribution in [3.63, 3.8) is 0 Å². The Balaban J connectivity index is 3.19. The van der Waals surface area contributed by atoms with Crippen molar-refractivity contribution < 1.29 is 0 Å². The van der Waals surface area contributed by atoms with Crippen molar-refractivity contribution in [3.8, 4) is 0 Å². The predicted molar refractivity (Wildman–Crippen MR) is 68.6 cm³/mol. The van der Waals surface area contributed by atoms with Crippen molar-refractivity contribution in [1.29, 1.82) is 0 Å². The monoisotopic (exact) mass is 204 g/mol. The highest BCUT2D eigenvalue weighted by Gasteiger charge is 2.07.